The second kappa shape index (κ2) is 4.14. The van der Waals surface area contributed by atoms with Crippen LogP contribution in [0.4, 0.5) is 0 Å². The predicted octanol–water partition coefficient (Wildman–Crippen LogP) is 2.54. The second-order valence-corrected chi connectivity index (χ2v) is 4.13. The number of carbonyl (C=O) groups is 1. The minimum atomic E-state index is -0.831. The van der Waals surface area contributed by atoms with Crippen molar-refractivity contribution in [3.05, 3.63) is 28.5 Å². The first kappa shape index (κ1) is 11.0. The van der Waals surface area contributed by atoms with Crippen molar-refractivity contribution in [2.75, 3.05) is 0 Å². The molecule has 16 heavy (non-hydrogen) atoms. The summed E-state index contributed by atoms with van der Waals surface area (Å²) in [5.74, 6) is -0.173. The first-order chi connectivity index (χ1) is 7.56. The number of aryl methyl sites for hydroxylation is 2. The molecule has 0 aliphatic rings. The van der Waals surface area contributed by atoms with Crippen LogP contribution in [0.25, 0.3) is 11.0 Å². The molecule has 0 radical (unpaired) electrons. The largest absolute Gasteiger partial charge is 0.481 e. The van der Waals surface area contributed by atoms with Gasteiger partial charge in [-0.2, -0.15) is 0 Å². The molecule has 0 amide bonds. The molecule has 0 atom stereocenters. The van der Waals surface area contributed by atoms with Crippen LogP contribution in [-0.4, -0.2) is 21.0 Å². The van der Waals surface area contributed by atoms with Crippen molar-refractivity contribution in [2.45, 2.75) is 19.8 Å². The molecule has 1 aromatic carbocycles. The maximum atomic E-state index is 10.4. The lowest BCUT2D eigenvalue weighted by Crippen LogP contribution is -1.98. The molecule has 1 aromatic heterocycles. The molecule has 1 heterocycles. The van der Waals surface area contributed by atoms with Gasteiger partial charge in [0.05, 0.1) is 17.0 Å². The van der Waals surface area contributed by atoms with Gasteiger partial charge in [0.2, 0.25) is 0 Å². The van der Waals surface area contributed by atoms with Crippen LogP contribution < -0.4 is 0 Å². The van der Waals surface area contributed by atoms with Gasteiger partial charge in [-0.3, -0.25) is 4.79 Å². The van der Waals surface area contributed by atoms with Gasteiger partial charge in [-0.05, 0) is 24.6 Å². The van der Waals surface area contributed by atoms with Crippen LogP contribution in [0.2, 0.25) is 5.02 Å². The van der Waals surface area contributed by atoms with Gasteiger partial charge in [-0.25, -0.2) is 4.98 Å². The topological polar surface area (TPSA) is 66.0 Å². The van der Waals surface area contributed by atoms with Gasteiger partial charge in [-0.1, -0.05) is 11.6 Å². The molecular weight excluding hydrogens is 228 g/mol. The lowest BCUT2D eigenvalue weighted by molar-refractivity contribution is -0.137. The number of hydrogen-bond acceptors (Lipinski definition) is 2. The highest BCUT2D eigenvalue weighted by molar-refractivity contribution is 6.35. The SMILES string of the molecule is Cc1cc(Cl)c2nc(CCC(=O)O)[nH]c2c1. The molecule has 0 aliphatic heterocycles. The summed E-state index contributed by atoms with van der Waals surface area (Å²) in [7, 11) is 0. The molecule has 4 nitrogen and oxygen atoms in total. The van der Waals surface area contributed by atoms with E-state index in [1.54, 1.807) is 0 Å². The molecule has 2 aromatic rings. The third-order valence-corrected chi connectivity index (χ3v) is 2.60. The Bertz CT molecular complexity index is 548. The molecule has 2 N–H and O–H groups in total. The number of nitrogens with one attached hydrogen (secondary N) is 1. The van der Waals surface area contributed by atoms with Crippen molar-refractivity contribution in [1.82, 2.24) is 9.97 Å². The fourth-order valence-corrected chi connectivity index (χ4v) is 1.92. The maximum absolute atomic E-state index is 10.4. The molecule has 0 saturated carbocycles. The number of rotatable bonds is 3. The zero-order chi connectivity index (χ0) is 11.7. The summed E-state index contributed by atoms with van der Waals surface area (Å²) in [6, 6.07) is 3.78. The van der Waals surface area contributed by atoms with E-state index >= 15 is 0 Å². The number of aromatic amines is 1. The van der Waals surface area contributed by atoms with E-state index in [4.69, 9.17) is 16.7 Å². The van der Waals surface area contributed by atoms with Crippen LogP contribution in [0.3, 0.4) is 0 Å². The van der Waals surface area contributed by atoms with Crippen LogP contribution in [0.15, 0.2) is 12.1 Å². The van der Waals surface area contributed by atoms with E-state index in [0.29, 0.717) is 22.8 Å². The van der Waals surface area contributed by atoms with Crippen molar-refractivity contribution in [1.29, 1.82) is 0 Å². The Hall–Kier alpha value is -1.55. The van der Waals surface area contributed by atoms with Crippen LogP contribution >= 0.6 is 11.6 Å². The summed E-state index contributed by atoms with van der Waals surface area (Å²) in [5.41, 5.74) is 2.60. The lowest BCUT2D eigenvalue weighted by Gasteiger charge is -1.94. The molecule has 0 bridgehead atoms. The van der Waals surface area contributed by atoms with E-state index in [1.165, 1.54) is 0 Å². The molecule has 0 fully saturated rings. The van der Waals surface area contributed by atoms with E-state index in [0.717, 1.165) is 11.1 Å². The molecule has 0 unspecified atom stereocenters. The second-order valence-electron chi connectivity index (χ2n) is 3.72. The Balaban J connectivity index is 2.36. The number of carboxylic acids is 1. The fraction of sp³-hybridized carbons (Fsp3) is 0.273. The Labute approximate surface area is 97.3 Å². The van der Waals surface area contributed by atoms with Crippen molar-refractivity contribution in [3.8, 4) is 0 Å². The first-order valence-electron chi connectivity index (χ1n) is 4.93. The van der Waals surface area contributed by atoms with E-state index < -0.39 is 5.97 Å². The van der Waals surface area contributed by atoms with Crippen LogP contribution in [-0.2, 0) is 11.2 Å². The summed E-state index contributed by atoms with van der Waals surface area (Å²) < 4.78 is 0. The highest BCUT2D eigenvalue weighted by Gasteiger charge is 2.08. The molecule has 2 rings (SSSR count). The first-order valence-corrected chi connectivity index (χ1v) is 5.30. The number of fused-ring (bicyclic) bond motifs is 1. The number of carboxylic acid groups (broad SMARTS) is 1. The van der Waals surface area contributed by atoms with E-state index in [1.807, 2.05) is 19.1 Å². The lowest BCUT2D eigenvalue weighted by atomic mass is 10.2. The van der Waals surface area contributed by atoms with Crippen molar-refractivity contribution >= 4 is 28.6 Å². The number of H-pyrrole nitrogens is 1. The van der Waals surface area contributed by atoms with Gasteiger partial charge < -0.3 is 10.1 Å². The minimum Gasteiger partial charge on any atom is -0.481 e. The average Bonchev–Trinajstić information content (AvgIpc) is 2.57. The van der Waals surface area contributed by atoms with Gasteiger partial charge in [0.15, 0.2) is 0 Å². The summed E-state index contributed by atoms with van der Waals surface area (Å²) in [4.78, 5) is 17.8. The molecule has 0 spiro atoms. The highest BCUT2D eigenvalue weighted by Crippen LogP contribution is 2.23. The standard InChI is InChI=1S/C11H11ClN2O2/c1-6-4-7(12)11-8(5-6)13-9(14-11)2-3-10(15)16/h4-5H,2-3H2,1H3,(H,13,14)(H,15,16). The number of imidazole rings is 1. The summed E-state index contributed by atoms with van der Waals surface area (Å²) in [6.07, 6.45) is 0.454. The van der Waals surface area contributed by atoms with Gasteiger partial charge in [0, 0.05) is 6.42 Å². The molecular formula is C11H11ClN2O2. The zero-order valence-corrected chi connectivity index (χ0v) is 9.51. The quantitative estimate of drug-likeness (QED) is 0.864. The van der Waals surface area contributed by atoms with Crippen LogP contribution in [0.1, 0.15) is 17.8 Å². The van der Waals surface area contributed by atoms with Gasteiger partial charge >= 0.3 is 5.97 Å². The summed E-state index contributed by atoms with van der Waals surface area (Å²) in [5, 5.41) is 9.17. The Morgan fingerprint density at radius 2 is 2.31 bits per heavy atom. The smallest absolute Gasteiger partial charge is 0.303 e. The molecule has 84 valence electrons. The highest BCUT2D eigenvalue weighted by atomic mass is 35.5. The number of hydrogen-bond donors (Lipinski definition) is 2. The Morgan fingerprint density at radius 3 is 3.00 bits per heavy atom. The van der Waals surface area contributed by atoms with Crippen LogP contribution in [0, 0.1) is 6.92 Å². The number of aliphatic carboxylic acids is 1. The average molecular weight is 239 g/mol. The normalized spacial score (nSPS) is 10.9. The van der Waals surface area contributed by atoms with Gasteiger partial charge in [0.1, 0.15) is 11.3 Å². The predicted molar refractivity (Wildman–Crippen MR) is 61.8 cm³/mol. The van der Waals surface area contributed by atoms with Crippen molar-refractivity contribution < 1.29 is 9.90 Å². The number of nitrogens with zero attached hydrogens (tertiary/aromatic N) is 1. The van der Waals surface area contributed by atoms with Gasteiger partial charge in [0.25, 0.3) is 0 Å². The van der Waals surface area contributed by atoms with Crippen LogP contribution in [0.5, 0.6) is 0 Å². The zero-order valence-electron chi connectivity index (χ0n) is 8.75. The van der Waals surface area contributed by atoms with E-state index in [-0.39, 0.29) is 6.42 Å². The molecule has 5 heteroatoms. The third kappa shape index (κ3) is 2.17. The molecule has 0 aliphatic carbocycles. The summed E-state index contributed by atoms with van der Waals surface area (Å²) in [6.45, 7) is 1.95. The monoisotopic (exact) mass is 238 g/mol. The van der Waals surface area contributed by atoms with Gasteiger partial charge in [-0.15, -0.1) is 0 Å². The fourth-order valence-electron chi connectivity index (χ4n) is 1.61. The summed E-state index contributed by atoms with van der Waals surface area (Å²) >= 11 is 6.04. The van der Waals surface area contributed by atoms with Crippen molar-refractivity contribution in [3.63, 3.8) is 0 Å². The number of benzene rings is 1. The van der Waals surface area contributed by atoms with Crippen molar-refractivity contribution in [2.24, 2.45) is 0 Å². The third-order valence-electron chi connectivity index (χ3n) is 2.31. The molecule has 0 saturated heterocycles. The number of aromatic nitrogens is 2. The van der Waals surface area contributed by atoms with E-state index in [9.17, 15) is 4.79 Å². The Kier molecular flexibility index (Phi) is 2.83. The maximum Gasteiger partial charge on any atom is 0.303 e. The van der Waals surface area contributed by atoms with E-state index in [2.05, 4.69) is 9.97 Å². The minimum absolute atomic E-state index is 0.0659. The Morgan fingerprint density at radius 1 is 1.56 bits per heavy atom. The number of halogens is 1.